The van der Waals surface area contributed by atoms with Crippen molar-refractivity contribution in [3.8, 4) is 0 Å². The molecule has 110 valence electrons. The first-order valence-electron chi connectivity index (χ1n) is 6.09. The van der Waals surface area contributed by atoms with E-state index in [9.17, 15) is 8.42 Å². The van der Waals surface area contributed by atoms with Crippen molar-refractivity contribution in [1.29, 1.82) is 0 Å². The van der Waals surface area contributed by atoms with Crippen LogP contribution in [-0.2, 0) is 16.6 Å². The molecule has 0 fully saturated rings. The first-order valence-corrected chi connectivity index (χ1v) is 8.46. The molecule has 2 aromatic rings. The number of aromatic amines is 1. The molecule has 0 saturated heterocycles. The van der Waals surface area contributed by atoms with Crippen LogP contribution in [0.15, 0.2) is 16.5 Å². The topological polar surface area (TPSA) is 99.8 Å². The standard InChI is InChI=1S/C11H17N5O2S2/c1-7(2)13-6-9-10(8(3)14-15-9)20(17,18)16-11-12-4-5-19-11/h4-5,7,13H,6H2,1-3H3,(H,12,16)(H,14,15). The number of rotatable bonds is 6. The second-order valence-electron chi connectivity index (χ2n) is 4.60. The van der Waals surface area contributed by atoms with Crippen LogP contribution in [-0.4, -0.2) is 29.6 Å². The number of aryl methyl sites for hydroxylation is 1. The number of hydrogen-bond donors (Lipinski definition) is 3. The van der Waals surface area contributed by atoms with Crippen LogP contribution in [0.5, 0.6) is 0 Å². The SMILES string of the molecule is Cc1[nH]nc(CNC(C)C)c1S(=O)(=O)Nc1nccs1. The van der Waals surface area contributed by atoms with Gasteiger partial charge in [0.25, 0.3) is 10.0 Å². The van der Waals surface area contributed by atoms with E-state index < -0.39 is 10.0 Å². The molecular formula is C11H17N5O2S2. The minimum atomic E-state index is -3.68. The third-order valence-corrected chi connectivity index (χ3v) is 4.92. The Bertz CT molecular complexity index is 661. The van der Waals surface area contributed by atoms with Crippen LogP contribution in [0.25, 0.3) is 0 Å². The summed E-state index contributed by atoms with van der Waals surface area (Å²) >= 11 is 1.23. The number of aromatic nitrogens is 3. The van der Waals surface area contributed by atoms with E-state index in [0.29, 0.717) is 23.1 Å². The van der Waals surface area contributed by atoms with Crippen LogP contribution in [0.1, 0.15) is 25.2 Å². The second-order valence-corrected chi connectivity index (χ2v) is 7.12. The summed E-state index contributed by atoms with van der Waals surface area (Å²) in [4.78, 5) is 4.11. The van der Waals surface area contributed by atoms with Gasteiger partial charge >= 0.3 is 0 Å². The van der Waals surface area contributed by atoms with Gasteiger partial charge in [-0.1, -0.05) is 13.8 Å². The normalized spacial score (nSPS) is 12.0. The minimum absolute atomic E-state index is 0.181. The Morgan fingerprint density at radius 3 is 2.80 bits per heavy atom. The lowest BCUT2D eigenvalue weighted by Gasteiger charge is -2.09. The Hall–Kier alpha value is -1.45. The molecule has 0 amide bonds. The fraction of sp³-hybridized carbons (Fsp3) is 0.455. The monoisotopic (exact) mass is 315 g/mol. The van der Waals surface area contributed by atoms with Gasteiger partial charge in [-0.3, -0.25) is 9.82 Å². The molecule has 20 heavy (non-hydrogen) atoms. The molecule has 0 aliphatic heterocycles. The van der Waals surface area contributed by atoms with Crippen LogP contribution in [0.2, 0.25) is 0 Å². The summed E-state index contributed by atoms with van der Waals surface area (Å²) in [7, 11) is -3.68. The summed E-state index contributed by atoms with van der Waals surface area (Å²) in [5, 5.41) is 12.0. The predicted molar refractivity (Wildman–Crippen MR) is 78.2 cm³/mol. The van der Waals surface area contributed by atoms with Crippen LogP contribution in [0.3, 0.4) is 0 Å². The van der Waals surface area contributed by atoms with E-state index in [2.05, 4.69) is 25.2 Å². The van der Waals surface area contributed by atoms with Gasteiger partial charge in [0.15, 0.2) is 5.13 Å². The molecule has 0 aromatic carbocycles. The van der Waals surface area contributed by atoms with Gasteiger partial charge in [-0.05, 0) is 6.92 Å². The molecule has 0 bridgehead atoms. The Morgan fingerprint density at radius 1 is 1.45 bits per heavy atom. The van der Waals surface area contributed by atoms with Gasteiger partial charge in [0, 0.05) is 24.2 Å². The number of H-pyrrole nitrogens is 1. The molecule has 0 aliphatic rings. The van der Waals surface area contributed by atoms with E-state index in [1.54, 1.807) is 18.5 Å². The van der Waals surface area contributed by atoms with Crippen molar-refractivity contribution in [3.05, 3.63) is 23.0 Å². The Labute approximate surface area is 121 Å². The van der Waals surface area contributed by atoms with Gasteiger partial charge < -0.3 is 5.32 Å². The number of thiazole rings is 1. The maximum Gasteiger partial charge on any atom is 0.267 e. The van der Waals surface area contributed by atoms with Crippen molar-refractivity contribution in [2.24, 2.45) is 0 Å². The zero-order valence-corrected chi connectivity index (χ0v) is 13.1. The third kappa shape index (κ3) is 3.35. The highest BCUT2D eigenvalue weighted by Gasteiger charge is 2.25. The maximum absolute atomic E-state index is 12.4. The van der Waals surface area contributed by atoms with E-state index >= 15 is 0 Å². The quantitative estimate of drug-likeness (QED) is 0.749. The van der Waals surface area contributed by atoms with Crippen molar-refractivity contribution in [1.82, 2.24) is 20.5 Å². The molecule has 3 N–H and O–H groups in total. The molecule has 0 saturated carbocycles. The molecule has 0 radical (unpaired) electrons. The van der Waals surface area contributed by atoms with Gasteiger partial charge in [-0.25, -0.2) is 13.4 Å². The first kappa shape index (κ1) is 14.9. The van der Waals surface area contributed by atoms with Crippen LogP contribution >= 0.6 is 11.3 Å². The van der Waals surface area contributed by atoms with Gasteiger partial charge in [-0.2, -0.15) is 5.10 Å². The summed E-state index contributed by atoms with van der Waals surface area (Å²) in [6, 6.07) is 0.245. The number of nitrogens with zero attached hydrogens (tertiary/aromatic N) is 2. The predicted octanol–water partition coefficient (Wildman–Crippen LogP) is 1.47. The van der Waals surface area contributed by atoms with Gasteiger partial charge in [0.2, 0.25) is 0 Å². The number of anilines is 1. The fourth-order valence-corrected chi connectivity index (χ4v) is 3.84. The second kappa shape index (κ2) is 5.90. The minimum Gasteiger partial charge on any atom is -0.309 e. The fourth-order valence-electron chi connectivity index (χ4n) is 1.69. The van der Waals surface area contributed by atoms with E-state index in [0.717, 1.165) is 0 Å². The van der Waals surface area contributed by atoms with Crippen LogP contribution < -0.4 is 10.0 Å². The lowest BCUT2D eigenvalue weighted by Crippen LogP contribution is -2.24. The number of sulfonamides is 1. The van der Waals surface area contributed by atoms with E-state index in [-0.39, 0.29) is 10.9 Å². The molecule has 2 aromatic heterocycles. The van der Waals surface area contributed by atoms with E-state index in [1.807, 2.05) is 13.8 Å². The van der Waals surface area contributed by atoms with E-state index in [4.69, 9.17) is 0 Å². The maximum atomic E-state index is 12.4. The molecule has 0 unspecified atom stereocenters. The highest BCUT2D eigenvalue weighted by atomic mass is 32.2. The van der Waals surface area contributed by atoms with Gasteiger partial charge in [-0.15, -0.1) is 11.3 Å². The molecule has 7 nitrogen and oxygen atoms in total. The summed E-state index contributed by atoms with van der Waals surface area (Å²) in [5.41, 5.74) is 0.981. The zero-order chi connectivity index (χ0) is 14.8. The van der Waals surface area contributed by atoms with Crippen molar-refractivity contribution in [2.75, 3.05) is 4.72 Å². The van der Waals surface area contributed by atoms with Crippen LogP contribution in [0.4, 0.5) is 5.13 Å². The van der Waals surface area contributed by atoms with E-state index in [1.165, 1.54) is 11.3 Å². The summed E-state index contributed by atoms with van der Waals surface area (Å²) in [6.45, 7) is 6.04. The average Bonchev–Trinajstić information content (AvgIpc) is 2.95. The molecule has 2 rings (SSSR count). The summed E-state index contributed by atoms with van der Waals surface area (Å²) in [6.07, 6.45) is 1.55. The molecule has 9 heteroatoms. The van der Waals surface area contributed by atoms with Crippen LogP contribution in [0, 0.1) is 6.92 Å². The lowest BCUT2D eigenvalue weighted by atomic mass is 10.3. The van der Waals surface area contributed by atoms with Crippen molar-refractivity contribution in [2.45, 2.75) is 38.3 Å². The third-order valence-electron chi connectivity index (χ3n) is 2.56. The largest absolute Gasteiger partial charge is 0.309 e. The van der Waals surface area contributed by atoms with Crippen molar-refractivity contribution < 1.29 is 8.42 Å². The molecule has 0 spiro atoms. The highest BCUT2D eigenvalue weighted by molar-refractivity contribution is 7.93. The highest BCUT2D eigenvalue weighted by Crippen LogP contribution is 2.22. The van der Waals surface area contributed by atoms with Crippen molar-refractivity contribution in [3.63, 3.8) is 0 Å². The molecule has 0 aliphatic carbocycles. The molecular weight excluding hydrogens is 298 g/mol. The zero-order valence-electron chi connectivity index (χ0n) is 11.5. The van der Waals surface area contributed by atoms with Gasteiger partial charge in [0.05, 0.1) is 11.4 Å². The Balaban J connectivity index is 2.28. The van der Waals surface area contributed by atoms with Gasteiger partial charge in [0.1, 0.15) is 4.90 Å². The number of hydrogen-bond acceptors (Lipinski definition) is 6. The Kier molecular flexibility index (Phi) is 4.41. The molecule has 2 heterocycles. The smallest absolute Gasteiger partial charge is 0.267 e. The summed E-state index contributed by atoms with van der Waals surface area (Å²) < 4.78 is 27.3. The van der Waals surface area contributed by atoms with Crippen molar-refractivity contribution >= 4 is 26.5 Å². The average molecular weight is 315 g/mol. The Morgan fingerprint density at radius 2 is 2.20 bits per heavy atom. The molecule has 0 atom stereocenters. The summed E-state index contributed by atoms with van der Waals surface area (Å²) in [5.74, 6) is 0. The number of nitrogens with one attached hydrogen (secondary N) is 3. The first-order chi connectivity index (χ1) is 9.40. The lowest BCUT2D eigenvalue weighted by molar-refractivity contribution is 0.570.